The molecule has 3 fully saturated rings. The summed E-state index contributed by atoms with van der Waals surface area (Å²) in [7, 11) is 0. The molecular weight excluding hydrogens is 236 g/mol. The van der Waals surface area contributed by atoms with Gasteiger partial charge in [-0.1, -0.05) is 20.8 Å². The van der Waals surface area contributed by atoms with Gasteiger partial charge in [0, 0.05) is 0 Å². The van der Waals surface area contributed by atoms with Crippen molar-refractivity contribution in [1.82, 2.24) is 0 Å². The van der Waals surface area contributed by atoms with E-state index in [0.717, 1.165) is 11.8 Å². The van der Waals surface area contributed by atoms with E-state index in [1.807, 2.05) is 0 Å². The van der Waals surface area contributed by atoms with E-state index >= 15 is 0 Å². The molecule has 0 unspecified atom stereocenters. The predicted octanol–water partition coefficient (Wildman–Crippen LogP) is 4.38. The van der Waals surface area contributed by atoms with Gasteiger partial charge < -0.3 is 9.47 Å². The molecule has 0 aromatic rings. The van der Waals surface area contributed by atoms with Gasteiger partial charge in [0.05, 0.1) is 11.7 Å². The molecule has 1 aliphatic heterocycles. The Kier molecular flexibility index (Phi) is 2.91. The Hall–Kier alpha value is -0.0800. The van der Waals surface area contributed by atoms with Crippen LogP contribution >= 0.6 is 0 Å². The smallest absolute Gasteiger partial charge is 0.164 e. The maximum atomic E-state index is 6.43. The molecule has 0 spiro atoms. The van der Waals surface area contributed by atoms with Crippen LogP contribution in [0.1, 0.15) is 67.2 Å². The molecule has 0 aromatic carbocycles. The predicted molar refractivity (Wildman–Crippen MR) is 76.8 cm³/mol. The molecule has 1 heterocycles. The Morgan fingerprint density at radius 1 is 1.00 bits per heavy atom. The Morgan fingerprint density at radius 3 is 2.37 bits per heavy atom. The van der Waals surface area contributed by atoms with E-state index in [-0.39, 0.29) is 11.7 Å². The zero-order chi connectivity index (χ0) is 14.1. The Balaban J connectivity index is 2.00. The maximum absolute atomic E-state index is 6.43. The number of rotatable bonds is 0. The third-order valence-corrected chi connectivity index (χ3v) is 6.27. The third-order valence-electron chi connectivity index (χ3n) is 6.27. The molecule has 5 atom stereocenters. The molecular formula is C17H30O2. The van der Waals surface area contributed by atoms with Gasteiger partial charge in [-0.25, -0.2) is 0 Å². The van der Waals surface area contributed by atoms with Crippen LogP contribution < -0.4 is 0 Å². The topological polar surface area (TPSA) is 18.5 Å². The first-order valence-corrected chi connectivity index (χ1v) is 8.02. The van der Waals surface area contributed by atoms with Gasteiger partial charge in [0.1, 0.15) is 0 Å². The van der Waals surface area contributed by atoms with Crippen LogP contribution in [-0.4, -0.2) is 17.5 Å². The summed E-state index contributed by atoms with van der Waals surface area (Å²) in [5.74, 6) is 1.87. The summed E-state index contributed by atoms with van der Waals surface area (Å²) in [6.07, 6.45) is 5.47. The summed E-state index contributed by atoms with van der Waals surface area (Å²) in [4.78, 5) is 0. The van der Waals surface area contributed by atoms with Gasteiger partial charge in [-0.05, 0) is 69.6 Å². The molecule has 19 heavy (non-hydrogen) atoms. The van der Waals surface area contributed by atoms with E-state index < -0.39 is 5.79 Å². The van der Waals surface area contributed by atoms with Gasteiger partial charge >= 0.3 is 0 Å². The molecule has 3 aliphatic rings. The minimum Gasteiger partial charge on any atom is -0.344 e. The lowest BCUT2D eigenvalue weighted by molar-refractivity contribution is -0.179. The van der Waals surface area contributed by atoms with Crippen molar-refractivity contribution in [2.45, 2.75) is 84.7 Å². The van der Waals surface area contributed by atoms with Crippen molar-refractivity contribution in [2.24, 2.45) is 23.2 Å². The SMILES string of the molecule is C[C@@H]1CCC(C)(C)[C@H]2C[C@H]1C[C@H]1OC(C)(C)O[C@]21C. The lowest BCUT2D eigenvalue weighted by atomic mass is 9.60. The molecule has 0 amide bonds. The fourth-order valence-electron chi connectivity index (χ4n) is 5.13. The Morgan fingerprint density at radius 2 is 1.68 bits per heavy atom. The second kappa shape index (κ2) is 3.98. The van der Waals surface area contributed by atoms with E-state index in [2.05, 4.69) is 41.5 Å². The zero-order valence-corrected chi connectivity index (χ0v) is 13.5. The monoisotopic (exact) mass is 266 g/mol. The summed E-state index contributed by atoms with van der Waals surface area (Å²) in [5.41, 5.74) is 0.272. The van der Waals surface area contributed by atoms with Crippen molar-refractivity contribution in [3.05, 3.63) is 0 Å². The van der Waals surface area contributed by atoms with Gasteiger partial charge in [-0.3, -0.25) is 0 Å². The molecule has 110 valence electrons. The molecule has 1 saturated heterocycles. The Bertz CT molecular complexity index is 373. The van der Waals surface area contributed by atoms with E-state index in [4.69, 9.17) is 9.47 Å². The molecule has 2 nitrogen and oxygen atoms in total. The van der Waals surface area contributed by atoms with Crippen molar-refractivity contribution < 1.29 is 9.47 Å². The van der Waals surface area contributed by atoms with Crippen LogP contribution in [-0.2, 0) is 9.47 Å². The summed E-state index contributed by atoms with van der Waals surface area (Å²) in [5, 5.41) is 0. The molecule has 2 saturated carbocycles. The summed E-state index contributed by atoms with van der Waals surface area (Å²) in [6.45, 7) is 13.8. The van der Waals surface area contributed by atoms with E-state index in [1.54, 1.807) is 0 Å². The lowest BCUT2D eigenvalue weighted by Crippen LogP contribution is -2.54. The second-order valence-corrected chi connectivity index (χ2v) is 8.58. The van der Waals surface area contributed by atoms with Crippen molar-refractivity contribution in [1.29, 1.82) is 0 Å². The minimum absolute atomic E-state index is 0.0897. The number of hydrogen-bond donors (Lipinski definition) is 0. The zero-order valence-electron chi connectivity index (χ0n) is 13.5. The van der Waals surface area contributed by atoms with Gasteiger partial charge in [-0.15, -0.1) is 0 Å². The molecule has 2 aliphatic carbocycles. The van der Waals surface area contributed by atoms with E-state index in [1.165, 1.54) is 25.7 Å². The highest BCUT2D eigenvalue weighted by atomic mass is 16.8. The van der Waals surface area contributed by atoms with Gasteiger partial charge in [-0.2, -0.15) is 0 Å². The van der Waals surface area contributed by atoms with Crippen LogP contribution in [0.15, 0.2) is 0 Å². The first-order valence-electron chi connectivity index (χ1n) is 8.02. The average Bonchev–Trinajstić information content (AvgIpc) is 2.46. The first kappa shape index (κ1) is 13.9. The van der Waals surface area contributed by atoms with Gasteiger partial charge in [0.25, 0.3) is 0 Å². The van der Waals surface area contributed by atoms with Crippen LogP contribution in [0.25, 0.3) is 0 Å². The average molecular weight is 266 g/mol. The standard InChI is InChI=1S/C17H30O2/c1-11-7-8-15(2,3)13-9-12(11)10-14-17(13,6)19-16(4,5)18-14/h11-14H,7-10H2,1-6H3/t11-,12+,13-,14-,17-/m1/s1. The summed E-state index contributed by atoms with van der Waals surface area (Å²) >= 11 is 0. The van der Waals surface area contributed by atoms with Crippen LogP contribution in [0.3, 0.4) is 0 Å². The molecule has 2 heteroatoms. The van der Waals surface area contributed by atoms with Crippen LogP contribution in [0.2, 0.25) is 0 Å². The second-order valence-electron chi connectivity index (χ2n) is 8.58. The molecule has 0 N–H and O–H groups in total. The highest BCUT2D eigenvalue weighted by molar-refractivity contribution is 5.08. The number of ether oxygens (including phenoxy) is 2. The van der Waals surface area contributed by atoms with E-state index in [9.17, 15) is 0 Å². The van der Waals surface area contributed by atoms with Crippen LogP contribution in [0.4, 0.5) is 0 Å². The fraction of sp³-hybridized carbons (Fsp3) is 1.00. The normalized spacial score (nSPS) is 51.5. The maximum Gasteiger partial charge on any atom is 0.164 e. The highest BCUT2D eigenvalue weighted by Crippen LogP contribution is 2.59. The van der Waals surface area contributed by atoms with Crippen LogP contribution in [0.5, 0.6) is 0 Å². The van der Waals surface area contributed by atoms with Crippen LogP contribution in [0, 0.1) is 23.2 Å². The van der Waals surface area contributed by atoms with Crippen molar-refractivity contribution in [3.8, 4) is 0 Å². The van der Waals surface area contributed by atoms with Crippen molar-refractivity contribution >= 4 is 0 Å². The first-order chi connectivity index (χ1) is 8.64. The minimum atomic E-state index is -0.412. The largest absolute Gasteiger partial charge is 0.344 e. The van der Waals surface area contributed by atoms with E-state index in [0.29, 0.717) is 11.3 Å². The van der Waals surface area contributed by atoms with Gasteiger partial charge in [0.2, 0.25) is 0 Å². The number of fused-ring (bicyclic) bond motifs is 4. The van der Waals surface area contributed by atoms with Crippen molar-refractivity contribution in [3.63, 3.8) is 0 Å². The molecule has 0 radical (unpaired) electrons. The lowest BCUT2D eigenvalue weighted by Gasteiger charge is -2.49. The summed E-state index contributed by atoms with van der Waals surface area (Å²) in [6, 6.07) is 0. The Labute approximate surface area is 118 Å². The van der Waals surface area contributed by atoms with Gasteiger partial charge in [0.15, 0.2) is 5.79 Å². The third kappa shape index (κ3) is 2.06. The highest BCUT2D eigenvalue weighted by Gasteiger charge is 2.61. The molecule has 0 aromatic heterocycles. The van der Waals surface area contributed by atoms with Crippen molar-refractivity contribution in [2.75, 3.05) is 0 Å². The molecule has 3 rings (SSSR count). The number of hydrogen-bond acceptors (Lipinski definition) is 2. The fourth-order valence-corrected chi connectivity index (χ4v) is 5.13. The summed E-state index contributed by atoms with van der Waals surface area (Å²) < 4.78 is 12.7. The molecule has 2 bridgehead atoms. The quantitative estimate of drug-likeness (QED) is 0.648.